The Bertz CT molecular complexity index is 264. The number of thioether (sulfide) groups is 1. The van der Waals surface area contributed by atoms with Gasteiger partial charge in [0, 0.05) is 5.54 Å². The SMILES string of the molecule is COC(=O)C(N)CCSCC(=O)NC(C)(C)C. The van der Waals surface area contributed by atoms with Crippen molar-refractivity contribution < 1.29 is 14.3 Å². The van der Waals surface area contributed by atoms with Gasteiger partial charge in [0.15, 0.2) is 0 Å². The molecular weight excluding hydrogens is 240 g/mol. The molecule has 0 saturated carbocycles. The molecule has 0 spiro atoms. The Morgan fingerprint density at radius 3 is 2.47 bits per heavy atom. The fourth-order valence-electron chi connectivity index (χ4n) is 1.10. The third-order valence-corrected chi connectivity index (χ3v) is 2.82. The lowest BCUT2D eigenvalue weighted by Gasteiger charge is -2.20. The van der Waals surface area contributed by atoms with Crippen molar-refractivity contribution in [3.05, 3.63) is 0 Å². The van der Waals surface area contributed by atoms with E-state index >= 15 is 0 Å². The Morgan fingerprint density at radius 2 is 2.00 bits per heavy atom. The van der Waals surface area contributed by atoms with Crippen LogP contribution < -0.4 is 11.1 Å². The minimum Gasteiger partial charge on any atom is -0.468 e. The maximum Gasteiger partial charge on any atom is 0.322 e. The fraction of sp³-hybridized carbons (Fsp3) is 0.818. The highest BCUT2D eigenvalue weighted by Crippen LogP contribution is 2.06. The van der Waals surface area contributed by atoms with Gasteiger partial charge in [-0.15, -0.1) is 0 Å². The summed E-state index contributed by atoms with van der Waals surface area (Å²) in [6.45, 7) is 5.80. The molecule has 1 amide bonds. The molecule has 17 heavy (non-hydrogen) atoms. The third-order valence-electron chi connectivity index (χ3n) is 1.82. The molecule has 0 aliphatic heterocycles. The van der Waals surface area contributed by atoms with Crippen LogP contribution in [0.4, 0.5) is 0 Å². The number of ether oxygens (including phenoxy) is 1. The minimum atomic E-state index is -0.599. The van der Waals surface area contributed by atoms with Gasteiger partial charge in [0.1, 0.15) is 6.04 Å². The van der Waals surface area contributed by atoms with Crippen LogP contribution in [0.15, 0.2) is 0 Å². The predicted molar refractivity (Wildman–Crippen MR) is 69.8 cm³/mol. The Balaban J connectivity index is 3.65. The first-order chi connectivity index (χ1) is 7.76. The van der Waals surface area contributed by atoms with E-state index in [0.717, 1.165) is 0 Å². The lowest BCUT2D eigenvalue weighted by Crippen LogP contribution is -2.41. The van der Waals surface area contributed by atoms with Crippen molar-refractivity contribution >= 4 is 23.6 Å². The van der Waals surface area contributed by atoms with Gasteiger partial charge in [0.05, 0.1) is 12.9 Å². The highest BCUT2D eigenvalue weighted by Gasteiger charge is 2.15. The first-order valence-corrected chi connectivity index (χ1v) is 6.64. The molecule has 0 saturated heterocycles. The van der Waals surface area contributed by atoms with Crippen LogP contribution in [0.3, 0.4) is 0 Å². The Labute approximate surface area is 107 Å². The summed E-state index contributed by atoms with van der Waals surface area (Å²) in [6, 6.07) is -0.599. The van der Waals surface area contributed by atoms with Crippen LogP contribution in [-0.2, 0) is 14.3 Å². The van der Waals surface area contributed by atoms with Crippen LogP contribution in [0.2, 0.25) is 0 Å². The molecule has 0 aliphatic carbocycles. The molecule has 0 rings (SSSR count). The molecule has 0 aromatic rings. The summed E-state index contributed by atoms with van der Waals surface area (Å²) >= 11 is 1.46. The number of amides is 1. The second kappa shape index (κ2) is 7.55. The zero-order valence-electron chi connectivity index (χ0n) is 10.9. The average molecular weight is 262 g/mol. The van der Waals surface area contributed by atoms with E-state index in [4.69, 9.17) is 5.73 Å². The van der Waals surface area contributed by atoms with E-state index < -0.39 is 12.0 Å². The summed E-state index contributed by atoms with van der Waals surface area (Å²) in [4.78, 5) is 22.4. The lowest BCUT2D eigenvalue weighted by atomic mass is 10.1. The largest absolute Gasteiger partial charge is 0.468 e. The maximum absolute atomic E-state index is 11.4. The number of carbonyl (C=O) groups is 2. The number of hydrogen-bond acceptors (Lipinski definition) is 5. The standard InChI is InChI=1S/C11H22N2O3S/c1-11(2,3)13-9(14)7-17-6-5-8(12)10(15)16-4/h8H,5-7,12H2,1-4H3,(H,13,14). The molecule has 100 valence electrons. The second-order valence-corrected chi connectivity index (χ2v) is 5.87. The van der Waals surface area contributed by atoms with Crippen LogP contribution >= 0.6 is 11.8 Å². The van der Waals surface area contributed by atoms with E-state index in [1.165, 1.54) is 18.9 Å². The van der Waals surface area contributed by atoms with Gasteiger partial charge in [-0.2, -0.15) is 11.8 Å². The molecule has 0 aliphatic rings. The summed E-state index contributed by atoms with van der Waals surface area (Å²) < 4.78 is 4.50. The van der Waals surface area contributed by atoms with Gasteiger partial charge in [0.2, 0.25) is 5.91 Å². The summed E-state index contributed by atoms with van der Waals surface area (Å²) in [7, 11) is 1.31. The summed E-state index contributed by atoms with van der Waals surface area (Å²) in [6.07, 6.45) is 0.514. The zero-order valence-corrected chi connectivity index (χ0v) is 11.7. The van der Waals surface area contributed by atoms with E-state index in [2.05, 4.69) is 10.1 Å². The minimum absolute atomic E-state index is 0.00543. The zero-order chi connectivity index (χ0) is 13.5. The van der Waals surface area contributed by atoms with E-state index in [0.29, 0.717) is 17.9 Å². The highest BCUT2D eigenvalue weighted by molar-refractivity contribution is 7.99. The molecule has 6 heteroatoms. The molecule has 0 heterocycles. The number of methoxy groups -OCH3 is 1. The van der Waals surface area contributed by atoms with Crippen LogP contribution in [0, 0.1) is 0 Å². The molecule has 0 fully saturated rings. The lowest BCUT2D eigenvalue weighted by molar-refractivity contribution is -0.142. The monoisotopic (exact) mass is 262 g/mol. The van der Waals surface area contributed by atoms with Crippen molar-refractivity contribution in [2.75, 3.05) is 18.6 Å². The van der Waals surface area contributed by atoms with Crippen molar-refractivity contribution in [3.63, 3.8) is 0 Å². The van der Waals surface area contributed by atoms with E-state index in [-0.39, 0.29) is 11.4 Å². The van der Waals surface area contributed by atoms with Crippen LogP contribution in [0.1, 0.15) is 27.2 Å². The van der Waals surface area contributed by atoms with Crippen molar-refractivity contribution in [2.45, 2.75) is 38.8 Å². The van der Waals surface area contributed by atoms with E-state index in [9.17, 15) is 9.59 Å². The number of carbonyl (C=O) groups excluding carboxylic acids is 2. The predicted octanol–water partition coefficient (Wildman–Crippen LogP) is 0.525. The van der Waals surface area contributed by atoms with Gasteiger partial charge in [-0.05, 0) is 32.9 Å². The number of rotatable bonds is 6. The molecule has 5 nitrogen and oxygen atoms in total. The topological polar surface area (TPSA) is 81.4 Å². The van der Waals surface area contributed by atoms with Crippen LogP contribution in [0.25, 0.3) is 0 Å². The van der Waals surface area contributed by atoms with Gasteiger partial charge in [0.25, 0.3) is 0 Å². The molecule has 0 aromatic carbocycles. The average Bonchev–Trinajstić information content (AvgIpc) is 2.20. The normalized spacial score (nSPS) is 13.0. The summed E-state index contributed by atoms with van der Waals surface area (Å²) in [5.74, 6) is 0.623. The van der Waals surface area contributed by atoms with E-state index in [1.54, 1.807) is 0 Å². The number of nitrogens with two attached hydrogens (primary N) is 1. The molecule has 0 radical (unpaired) electrons. The number of hydrogen-bond donors (Lipinski definition) is 2. The molecule has 1 unspecified atom stereocenters. The van der Waals surface area contributed by atoms with Crippen molar-refractivity contribution in [1.29, 1.82) is 0 Å². The Hall–Kier alpha value is -0.750. The molecular formula is C11H22N2O3S. The van der Waals surface area contributed by atoms with Crippen LogP contribution in [-0.4, -0.2) is 42.1 Å². The van der Waals surface area contributed by atoms with Crippen molar-refractivity contribution in [1.82, 2.24) is 5.32 Å². The maximum atomic E-state index is 11.4. The quantitative estimate of drug-likeness (QED) is 0.539. The Kier molecular flexibility index (Phi) is 7.22. The van der Waals surface area contributed by atoms with Gasteiger partial charge in [-0.3, -0.25) is 9.59 Å². The van der Waals surface area contributed by atoms with Crippen molar-refractivity contribution in [3.8, 4) is 0 Å². The molecule has 1 atom stereocenters. The second-order valence-electron chi connectivity index (χ2n) is 4.77. The van der Waals surface area contributed by atoms with E-state index in [1.807, 2.05) is 20.8 Å². The first kappa shape index (κ1) is 16.2. The Morgan fingerprint density at radius 1 is 1.41 bits per heavy atom. The van der Waals surface area contributed by atoms with Gasteiger partial charge in [-0.25, -0.2) is 0 Å². The van der Waals surface area contributed by atoms with Gasteiger partial charge in [-0.1, -0.05) is 0 Å². The van der Waals surface area contributed by atoms with Crippen LogP contribution in [0.5, 0.6) is 0 Å². The highest BCUT2D eigenvalue weighted by atomic mass is 32.2. The molecule has 0 aromatic heterocycles. The molecule has 3 N–H and O–H groups in total. The third kappa shape index (κ3) is 9.00. The van der Waals surface area contributed by atoms with Crippen molar-refractivity contribution in [2.24, 2.45) is 5.73 Å². The first-order valence-electron chi connectivity index (χ1n) is 5.48. The summed E-state index contributed by atoms with van der Waals surface area (Å²) in [5.41, 5.74) is 5.35. The summed E-state index contributed by atoms with van der Waals surface area (Å²) in [5, 5.41) is 2.86. The molecule has 0 bridgehead atoms. The number of esters is 1. The van der Waals surface area contributed by atoms with Gasteiger partial charge >= 0.3 is 5.97 Å². The number of nitrogens with one attached hydrogen (secondary N) is 1. The smallest absolute Gasteiger partial charge is 0.322 e. The van der Waals surface area contributed by atoms with Gasteiger partial charge < -0.3 is 15.8 Å². The fourth-order valence-corrected chi connectivity index (χ4v) is 1.92.